The molecule has 1 saturated heterocycles. The summed E-state index contributed by atoms with van der Waals surface area (Å²) in [6, 6.07) is 0. The SMILES string of the molecule is CC1CCN(c2ncc(Br)c(C(=O)O)n2)CC1. The maximum Gasteiger partial charge on any atom is 0.355 e. The zero-order valence-electron chi connectivity index (χ0n) is 9.56. The van der Waals surface area contributed by atoms with E-state index in [1.807, 2.05) is 4.90 Å². The molecule has 1 aromatic rings. The minimum absolute atomic E-state index is 0.0219. The molecule has 0 spiro atoms. The van der Waals surface area contributed by atoms with Crippen molar-refractivity contribution in [2.45, 2.75) is 19.8 Å². The number of hydrogen-bond donors (Lipinski definition) is 1. The predicted octanol–water partition coefficient (Wildman–Crippen LogP) is 2.17. The van der Waals surface area contributed by atoms with Crippen molar-refractivity contribution in [2.75, 3.05) is 18.0 Å². The number of halogens is 1. The van der Waals surface area contributed by atoms with E-state index in [4.69, 9.17) is 5.11 Å². The first kappa shape index (κ1) is 12.3. The van der Waals surface area contributed by atoms with E-state index >= 15 is 0 Å². The zero-order chi connectivity index (χ0) is 12.4. The third-order valence-corrected chi connectivity index (χ3v) is 3.58. The summed E-state index contributed by atoms with van der Waals surface area (Å²) in [6.45, 7) is 4.01. The van der Waals surface area contributed by atoms with E-state index in [-0.39, 0.29) is 5.69 Å². The molecule has 0 unspecified atom stereocenters. The number of carboxylic acid groups (broad SMARTS) is 1. The van der Waals surface area contributed by atoms with Gasteiger partial charge in [0.1, 0.15) is 0 Å². The Bertz CT molecular complexity index is 431. The van der Waals surface area contributed by atoms with Crippen molar-refractivity contribution in [2.24, 2.45) is 5.92 Å². The van der Waals surface area contributed by atoms with Gasteiger partial charge in [-0.1, -0.05) is 6.92 Å². The normalized spacial score (nSPS) is 17.2. The molecule has 5 nitrogen and oxygen atoms in total. The number of nitrogens with zero attached hydrogens (tertiary/aromatic N) is 3. The highest BCUT2D eigenvalue weighted by Crippen LogP contribution is 2.22. The molecule has 0 atom stereocenters. The third-order valence-electron chi connectivity index (χ3n) is 3.00. The van der Waals surface area contributed by atoms with Gasteiger partial charge in [-0.3, -0.25) is 0 Å². The van der Waals surface area contributed by atoms with Gasteiger partial charge >= 0.3 is 5.97 Å². The molecule has 0 saturated carbocycles. The number of aromatic carboxylic acids is 1. The average molecular weight is 300 g/mol. The van der Waals surface area contributed by atoms with Gasteiger partial charge < -0.3 is 10.0 Å². The van der Waals surface area contributed by atoms with Crippen molar-refractivity contribution in [1.82, 2.24) is 9.97 Å². The largest absolute Gasteiger partial charge is 0.476 e. The van der Waals surface area contributed by atoms with Gasteiger partial charge in [0.05, 0.1) is 4.47 Å². The number of anilines is 1. The van der Waals surface area contributed by atoms with Crippen molar-refractivity contribution < 1.29 is 9.90 Å². The molecule has 0 amide bonds. The summed E-state index contributed by atoms with van der Waals surface area (Å²) in [5.41, 5.74) is 0.0219. The second-order valence-electron chi connectivity index (χ2n) is 4.34. The van der Waals surface area contributed by atoms with E-state index in [1.165, 1.54) is 6.20 Å². The maximum atomic E-state index is 11.0. The molecule has 1 aromatic heterocycles. The van der Waals surface area contributed by atoms with E-state index in [9.17, 15) is 4.79 Å². The van der Waals surface area contributed by atoms with Crippen LogP contribution in [0.25, 0.3) is 0 Å². The van der Waals surface area contributed by atoms with Gasteiger partial charge in [0, 0.05) is 19.3 Å². The van der Waals surface area contributed by atoms with Crippen LogP contribution < -0.4 is 4.90 Å². The third kappa shape index (κ3) is 2.74. The van der Waals surface area contributed by atoms with Crippen molar-refractivity contribution in [3.8, 4) is 0 Å². The second-order valence-corrected chi connectivity index (χ2v) is 5.20. The van der Waals surface area contributed by atoms with Crippen LogP contribution in [0.5, 0.6) is 0 Å². The Morgan fingerprint density at radius 1 is 1.53 bits per heavy atom. The van der Waals surface area contributed by atoms with Gasteiger partial charge in [-0.05, 0) is 34.7 Å². The molecular formula is C11H14BrN3O2. The van der Waals surface area contributed by atoms with Crippen molar-refractivity contribution in [3.05, 3.63) is 16.4 Å². The molecule has 1 fully saturated rings. The van der Waals surface area contributed by atoms with Gasteiger partial charge in [0.25, 0.3) is 0 Å². The van der Waals surface area contributed by atoms with E-state index in [1.54, 1.807) is 0 Å². The molecule has 2 rings (SSSR count). The number of carboxylic acids is 1. The summed E-state index contributed by atoms with van der Waals surface area (Å²) in [5, 5.41) is 8.99. The van der Waals surface area contributed by atoms with Gasteiger partial charge in [-0.25, -0.2) is 14.8 Å². The van der Waals surface area contributed by atoms with Gasteiger partial charge in [-0.2, -0.15) is 0 Å². The lowest BCUT2D eigenvalue weighted by Gasteiger charge is -2.30. The Labute approximate surface area is 108 Å². The van der Waals surface area contributed by atoms with Crippen LogP contribution in [0.2, 0.25) is 0 Å². The summed E-state index contributed by atoms with van der Waals surface area (Å²) in [6.07, 6.45) is 3.70. The Balaban J connectivity index is 2.21. The zero-order valence-corrected chi connectivity index (χ0v) is 11.1. The Morgan fingerprint density at radius 3 is 2.76 bits per heavy atom. The highest BCUT2D eigenvalue weighted by molar-refractivity contribution is 9.10. The highest BCUT2D eigenvalue weighted by atomic mass is 79.9. The molecule has 17 heavy (non-hydrogen) atoms. The summed E-state index contributed by atoms with van der Waals surface area (Å²) in [7, 11) is 0. The number of piperidine rings is 1. The predicted molar refractivity (Wildman–Crippen MR) is 67.3 cm³/mol. The molecule has 6 heteroatoms. The summed E-state index contributed by atoms with van der Waals surface area (Å²) < 4.78 is 0.416. The quantitative estimate of drug-likeness (QED) is 0.906. The average Bonchev–Trinajstić information content (AvgIpc) is 2.30. The molecule has 0 aromatic carbocycles. The van der Waals surface area contributed by atoms with Crippen LogP contribution in [0.3, 0.4) is 0 Å². The van der Waals surface area contributed by atoms with Crippen LogP contribution in [-0.4, -0.2) is 34.1 Å². The van der Waals surface area contributed by atoms with Gasteiger partial charge in [-0.15, -0.1) is 0 Å². The minimum Gasteiger partial charge on any atom is -0.476 e. The number of hydrogen-bond acceptors (Lipinski definition) is 4. The Hall–Kier alpha value is -1.17. The van der Waals surface area contributed by atoms with E-state index < -0.39 is 5.97 Å². The standard InChI is InChI=1S/C11H14BrN3O2/c1-7-2-4-15(5-3-7)11-13-6-8(12)9(14-11)10(16)17/h6-7H,2-5H2,1H3,(H,16,17). The highest BCUT2D eigenvalue weighted by Gasteiger charge is 2.20. The van der Waals surface area contributed by atoms with Crippen LogP contribution in [0.1, 0.15) is 30.3 Å². The van der Waals surface area contributed by atoms with Crippen molar-refractivity contribution in [1.29, 1.82) is 0 Å². The smallest absolute Gasteiger partial charge is 0.355 e. The van der Waals surface area contributed by atoms with E-state index in [0.717, 1.165) is 31.8 Å². The molecular weight excluding hydrogens is 286 g/mol. The van der Waals surface area contributed by atoms with Gasteiger partial charge in [0.2, 0.25) is 5.95 Å². The van der Waals surface area contributed by atoms with Crippen LogP contribution >= 0.6 is 15.9 Å². The van der Waals surface area contributed by atoms with Crippen LogP contribution in [0, 0.1) is 5.92 Å². The molecule has 1 aliphatic heterocycles. The molecule has 0 radical (unpaired) electrons. The Kier molecular flexibility index (Phi) is 3.61. The first-order chi connectivity index (χ1) is 8.08. The molecule has 0 bridgehead atoms. The number of aromatic nitrogens is 2. The van der Waals surface area contributed by atoms with Crippen molar-refractivity contribution in [3.63, 3.8) is 0 Å². The van der Waals surface area contributed by atoms with Crippen LogP contribution in [-0.2, 0) is 0 Å². The van der Waals surface area contributed by atoms with Crippen LogP contribution in [0.4, 0.5) is 5.95 Å². The second kappa shape index (κ2) is 5.00. The molecule has 0 aliphatic carbocycles. The fraction of sp³-hybridized carbons (Fsp3) is 0.545. The van der Waals surface area contributed by atoms with Gasteiger partial charge in [0.15, 0.2) is 5.69 Å². The topological polar surface area (TPSA) is 66.3 Å². The number of rotatable bonds is 2. The fourth-order valence-electron chi connectivity index (χ4n) is 1.87. The maximum absolute atomic E-state index is 11.0. The lowest BCUT2D eigenvalue weighted by Crippen LogP contribution is -2.34. The van der Waals surface area contributed by atoms with E-state index in [0.29, 0.717) is 10.4 Å². The van der Waals surface area contributed by atoms with Crippen molar-refractivity contribution >= 4 is 27.8 Å². The minimum atomic E-state index is -1.04. The monoisotopic (exact) mass is 299 g/mol. The van der Waals surface area contributed by atoms with E-state index in [2.05, 4.69) is 32.8 Å². The summed E-state index contributed by atoms with van der Waals surface area (Å²) >= 11 is 3.14. The lowest BCUT2D eigenvalue weighted by atomic mass is 10.00. The molecule has 1 N–H and O–H groups in total. The fourth-order valence-corrected chi connectivity index (χ4v) is 2.23. The van der Waals surface area contributed by atoms with Crippen LogP contribution in [0.15, 0.2) is 10.7 Å². The summed E-state index contributed by atoms with van der Waals surface area (Å²) in [4.78, 5) is 21.3. The first-order valence-corrected chi connectivity index (χ1v) is 6.38. The molecule has 1 aliphatic rings. The Morgan fingerprint density at radius 2 is 2.18 bits per heavy atom. The first-order valence-electron chi connectivity index (χ1n) is 5.58. The molecule has 2 heterocycles. The lowest BCUT2D eigenvalue weighted by molar-refractivity contribution is 0.0689. The number of carbonyl (C=O) groups is 1. The summed E-state index contributed by atoms with van der Waals surface area (Å²) in [5.74, 6) is 0.198. The molecule has 92 valence electrons.